The van der Waals surface area contributed by atoms with Gasteiger partial charge in [0.25, 0.3) is 5.91 Å². The van der Waals surface area contributed by atoms with Gasteiger partial charge in [0.2, 0.25) is 0 Å². The maximum Gasteiger partial charge on any atom is 0.337 e. The van der Waals surface area contributed by atoms with Gasteiger partial charge in [0.05, 0.1) is 37.1 Å². The first kappa shape index (κ1) is 18.2. The first-order chi connectivity index (χ1) is 11.8. The van der Waals surface area contributed by atoms with Gasteiger partial charge in [0.15, 0.2) is 11.6 Å². The highest BCUT2D eigenvalue weighted by Crippen LogP contribution is 2.31. The summed E-state index contributed by atoms with van der Waals surface area (Å²) in [5, 5.41) is 30.1. The third-order valence-electron chi connectivity index (χ3n) is 3.52. The molecule has 9 nitrogen and oxygen atoms in total. The van der Waals surface area contributed by atoms with Crippen LogP contribution in [0.5, 0.6) is 5.75 Å². The molecule has 0 fully saturated rings. The lowest BCUT2D eigenvalue weighted by Gasteiger charge is -2.15. The van der Waals surface area contributed by atoms with E-state index in [0.717, 1.165) is 18.1 Å². The van der Waals surface area contributed by atoms with Crippen molar-refractivity contribution in [2.75, 3.05) is 32.1 Å². The van der Waals surface area contributed by atoms with Crippen molar-refractivity contribution in [2.45, 2.75) is 0 Å². The van der Waals surface area contributed by atoms with Gasteiger partial charge in [-0.15, -0.1) is 0 Å². The zero-order valence-electron chi connectivity index (χ0n) is 13.1. The summed E-state index contributed by atoms with van der Waals surface area (Å²) < 4.78 is 18.3. The van der Waals surface area contributed by atoms with E-state index in [4.69, 9.17) is 10.2 Å². The van der Waals surface area contributed by atoms with Gasteiger partial charge in [-0.25, -0.2) is 14.0 Å². The third-order valence-corrected chi connectivity index (χ3v) is 3.52. The number of aliphatic hydroxyl groups is 1. The molecule has 0 saturated carbocycles. The molecule has 25 heavy (non-hydrogen) atoms. The van der Waals surface area contributed by atoms with Gasteiger partial charge in [-0.3, -0.25) is 4.79 Å². The number of nitrogens with one attached hydrogen (secondary N) is 1. The van der Waals surface area contributed by atoms with Crippen molar-refractivity contribution < 1.29 is 38.8 Å². The molecule has 0 spiro atoms. The quantitative estimate of drug-likeness (QED) is 0.411. The number of esters is 1. The Kier molecular flexibility index (Phi) is 5.22. The average molecular weight is 354 g/mol. The van der Waals surface area contributed by atoms with Crippen LogP contribution in [0, 0.1) is 5.82 Å². The summed E-state index contributed by atoms with van der Waals surface area (Å²) in [6.07, 6.45) is 0. The molecule has 1 aromatic carbocycles. The van der Waals surface area contributed by atoms with Crippen molar-refractivity contribution in [3.8, 4) is 5.75 Å². The SMILES string of the molecule is COC(=O)C1=C(Nc2cc(C(=O)O)cc(F)c2O)C(=O)N(CCO)C1. The summed E-state index contributed by atoms with van der Waals surface area (Å²) in [7, 11) is 1.11. The number of carbonyl (C=O) groups is 3. The number of halogens is 1. The number of phenolic OH excluding ortho intramolecular Hbond substituents is 1. The highest BCUT2D eigenvalue weighted by atomic mass is 19.1. The number of rotatable bonds is 6. The molecule has 0 aliphatic carbocycles. The smallest absolute Gasteiger partial charge is 0.337 e. The normalized spacial score (nSPS) is 14.0. The van der Waals surface area contributed by atoms with E-state index in [1.165, 1.54) is 0 Å². The van der Waals surface area contributed by atoms with E-state index in [2.05, 4.69) is 10.1 Å². The summed E-state index contributed by atoms with van der Waals surface area (Å²) in [5.74, 6) is -5.07. The number of carbonyl (C=O) groups excluding carboxylic acids is 2. The number of aliphatic hydroxyl groups excluding tert-OH is 1. The van der Waals surface area contributed by atoms with Crippen molar-refractivity contribution in [1.82, 2.24) is 4.90 Å². The van der Waals surface area contributed by atoms with Crippen molar-refractivity contribution in [3.63, 3.8) is 0 Å². The average Bonchev–Trinajstić information content (AvgIpc) is 2.87. The number of ether oxygens (including phenoxy) is 1. The molecule has 1 amide bonds. The molecule has 1 aliphatic rings. The fourth-order valence-corrected chi connectivity index (χ4v) is 2.30. The second-order valence-corrected chi connectivity index (χ2v) is 5.08. The molecular formula is C15H15FN2O7. The largest absolute Gasteiger partial charge is 0.503 e. The van der Waals surface area contributed by atoms with Gasteiger partial charge < -0.3 is 30.3 Å². The predicted octanol–water partition coefficient (Wildman–Crippen LogP) is -0.0970. The third kappa shape index (κ3) is 3.53. The molecule has 0 atom stereocenters. The molecule has 4 N–H and O–H groups in total. The summed E-state index contributed by atoms with van der Waals surface area (Å²) in [6.45, 7) is -0.557. The monoisotopic (exact) mass is 354 g/mol. The van der Waals surface area contributed by atoms with Crippen LogP contribution in [-0.4, -0.2) is 64.9 Å². The summed E-state index contributed by atoms with van der Waals surface area (Å²) in [6, 6.07) is 1.54. The number of aromatic hydroxyl groups is 1. The Morgan fingerprint density at radius 3 is 2.64 bits per heavy atom. The Hall–Kier alpha value is -3.14. The van der Waals surface area contributed by atoms with Gasteiger partial charge >= 0.3 is 11.9 Å². The second-order valence-electron chi connectivity index (χ2n) is 5.08. The molecule has 0 bridgehead atoms. The number of benzene rings is 1. The van der Waals surface area contributed by atoms with Crippen LogP contribution in [0.1, 0.15) is 10.4 Å². The molecule has 1 heterocycles. The summed E-state index contributed by atoms with van der Waals surface area (Å²) in [4.78, 5) is 36.3. The highest BCUT2D eigenvalue weighted by Gasteiger charge is 2.35. The minimum Gasteiger partial charge on any atom is -0.503 e. The van der Waals surface area contributed by atoms with Crippen LogP contribution in [0.4, 0.5) is 10.1 Å². The van der Waals surface area contributed by atoms with E-state index in [1.54, 1.807) is 0 Å². The minimum atomic E-state index is -1.44. The number of amides is 1. The number of anilines is 1. The van der Waals surface area contributed by atoms with E-state index in [1.807, 2.05) is 0 Å². The van der Waals surface area contributed by atoms with Crippen molar-refractivity contribution in [2.24, 2.45) is 0 Å². The van der Waals surface area contributed by atoms with Gasteiger partial charge in [-0.05, 0) is 12.1 Å². The minimum absolute atomic E-state index is 0.0555. The van der Waals surface area contributed by atoms with E-state index >= 15 is 0 Å². The Morgan fingerprint density at radius 1 is 1.40 bits per heavy atom. The Bertz CT molecular complexity index is 775. The van der Waals surface area contributed by atoms with Gasteiger partial charge in [-0.1, -0.05) is 0 Å². The number of β-amino-alcohol motifs (C(OH)–C–C–N with tert-alkyl or cyclic N) is 1. The molecule has 0 aromatic heterocycles. The standard InChI is InChI=1S/C15H15FN2O7/c1-25-15(24)8-6-18(2-3-19)13(21)11(8)17-10-5-7(14(22)23)4-9(16)12(10)20/h4-5,17,19-20H,2-3,6H2,1H3,(H,22,23). The van der Waals surface area contributed by atoms with Crippen LogP contribution >= 0.6 is 0 Å². The first-order valence-electron chi connectivity index (χ1n) is 7.04. The number of carboxylic acid groups (broad SMARTS) is 1. The molecule has 1 aliphatic heterocycles. The van der Waals surface area contributed by atoms with E-state index < -0.39 is 40.7 Å². The van der Waals surface area contributed by atoms with E-state index in [-0.39, 0.29) is 31.0 Å². The number of methoxy groups -OCH3 is 1. The summed E-state index contributed by atoms with van der Waals surface area (Å²) >= 11 is 0. The topological polar surface area (TPSA) is 136 Å². The zero-order valence-corrected chi connectivity index (χ0v) is 13.1. The van der Waals surface area contributed by atoms with Crippen LogP contribution in [0.25, 0.3) is 0 Å². The maximum atomic E-state index is 13.7. The summed E-state index contributed by atoms with van der Waals surface area (Å²) in [5.41, 5.74) is -1.25. The van der Waals surface area contributed by atoms with Crippen molar-refractivity contribution in [1.29, 1.82) is 0 Å². The predicted molar refractivity (Wildman–Crippen MR) is 81.4 cm³/mol. The molecule has 0 saturated heterocycles. The van der Waals surface area contributed by atoms with Crippen LogP contribution in [-0.2, 0) is 14.3 Å². The van der Waals surface area contributed by atoms with Crippen LogP contribution in [0.15, 0.2) is 23.4 Å². The van der Waals surface area contributed by atoms with Gasteiger partial charge in [0, 0.05) is 6.54 Å². The van der Waals surface area contributed by atoms with Crippen LogP contribution in [0.2, 0.25) is 0 Å². The van der Waals surface area contributed by atoms with Crippen LogP contribution in [0.3, 0.4) is 0 Å². The molecule has 10 heteroatoms. The first-order valence-corrected chi connectivity index (χ1v) is 7.04. The number of phenols is 1. The maximum absolute atomic E-state index is 13.7. The lowest BCUT2D eigenvalue weighted by Crippen LogP contribution is -2.31. The van der Waals surface area contributed by atoms with Gasteiger partial charge in [0.1, 0.15) is 5.70 Å². The molecule has 0 radical (unpaired) electrons. The van der Waals surface area contributed by atoms with Crippen molar-refractivity contribution in [3.05, 3.63) is 34.8 Å². The fourth-order valence-electron chi connectivity index (χ4n) is 2.30. The fraction of sp³-hybridized carbons (Fsp3) is 0.267. The molecule has 0 unspecified atom stereocenters. The number of carboxylic acids is 1. The molecule has 1 aromatic rings. The Labute approximate surface area is 140 Å². The lowest BCUT2D eigenvalue weighted by molar-refractivity contribution is -0.136. The molecule has 2 rings (SSSR count). The number of nitrogens with zero attached hydrogens (tertiary/aromatic N) is 1. The Balaban J connectivity index is 2.46. The Morgan fingerprint density at radius 2 is 2.08 bits per heavy atom. The number of aromatic carboxylic acids is 1. The zero-order chi connectivity index (χ0) is 18.7. The molecular weight excluding hydrogens is 339 g/mol. The number of hydrogen-bond donors (Lipinski definition) is 4. The molecule has 134 valence electrons. The lowest BCUT2D eigenvalue weighted by atomic mass is 10.1. The van der Waals surface area contributed by atoms with E-state index in [9.17, 15) is 23.9 Å². The van der Waals surface area contributed by atoms with Crippen molar-refractivity contribution >= 4 is 23.5 Å². The van der Waals surface area contributed by atoms with Gasteiger partial charge in [-0.2, -0.15) is 0 Å². The number of hydrogen-bond acceptors (Lipinski definition) is 7. The van der Waals surface area contributed by atoms with Crippen LogP contribution < -0.4 is 5.32 Å². The van der Waals surface area contributed by atoms with E-state index in [0.29, 0.717) is 6.07 Å². The second kappa shape index (κ2) is 7.18. The highest BCUT2D eigenvalue weighted by molar-refractivity contribution is 6.08.